The Kier molecular flexibility index (Phi) is 4.44. The van der Waals surface area contributed by atoms with Crippen molar-refractivity contribution in [3.8, 4) is 11.4 Å². The van der Waals surface area contributed by atoms with E-state index in [1.807, 2.05) is 37.5 Å². The molecule has 94 valence electrons. The van der Waals surface area contributed by atoms with Gasteiger partial charge >= 0.3 is 0 Å². The van der Waals surface area contributed by atoms with E-state index >= 15 is 0 Å². The van der Waals surface area contributed by atoms with Crippen LogP contribution in [0.25, 0.3) is 11.4 Å². The van der Waals surface area contributed by atoms with Crippen LogP contribution in [0.4, 0.5) is 0 Å². The molecule has 1 heterocycles. The Hall–Kier alpha value is -1.26. The van der Waals surface area contributed by atoms with E-state index in [0.29, 0.717) is 0 Å². The van der Waals surface area contributed by atoms with E-state index in [1.165, 1.54) is 5.56 Å². The lowest BCUT2D eigenvalue weighted by Gasteiger charge is -2.08. The highest BCUT2D eigenvalue weighted by Crippen LogP contribution is 2.20. The van der Waals surface area contributed by atoms with Gasteiger partial charge in [-0.2, -0.15) is 0 Å². The van der Waals surface area contributed by atoms with Crippen LogP contribution in [0, 0.1) is 0 Å². The first-order valence-corrected chi connectivity index (χ1v) is 6.79. The van der Waals surface area contributed by atoms with Crippen molar-refractivity contribution in [3.05, 3.63) is 46.2 Å². The summed E-state index contributed by atoms with van der Waals surface area (Å²) >= 11 is 3.47. The number of halogens is 1. The Balaban J connectivity index is 2.41. The second-order valence-corrected chi connectivity index (χ2v) is 4.98. The molecule has 4 heteroatoms. The molecule has 0 saturated carbocycles. The number of nitrogens with zero attached hydrogens (tertiary/aromatic N) is 2. The van der Waals surface area contributed by atoms with E-state index in [4.69, 9.17) is 0 Å². The van der Waals surface area contributed by atoms with Crippen LogP contribution in [-0.2, 0) is 13.0 Å². The van der Waals surface area contributed by atoms with Gasteiger partial charge in [-0.15, -0.1) is 0 Å². The topological polar surface area (TPSA) is 37.8 Å². The van der Waals surface area contributed by atoms with Crippen molar-refractivity contribution < 1.29 is 0 Å². The predicted molar refractivity (Wildman–Crippen MR) is 77.3 cm³/mol. The van der Waals surface area contributed by atoms with E-state index in [2.05, 4.69) is 38.1 Å². The Morgan fingerprint density at radius 3 is 2.83 bits per heavy atom. The smallest absolute Gasteiger partial charge is 0.159 e. The maximum atomic E-state index is 4.65. The standard InChI is InChI=1S/C14H16BrN3/c1-3-13-11(8-16-2)9-17-14(18-13)10-5-4-6-12(15)7-10/h4-7,9,16H,3,8H2,1-2H3. The maximum Gasteiger partial charge on any atom is 0.159 e. The van der Waals surface area contributed by atoms with Gasteiger partial charge in [0.05, 0.1) is 0 Å². The normalized spacial score (nSPS) is 10.6. The van der Waals surface area contributed by atoms with Gasteiger partial charge in [0, 0.05) is 34.0 Å². The van der Waals surface area contributed by atoms with Crippen LogP contribution in [0.5, 0.6) is 0 Å². The Morgan fingerprint density at radius 2 is 2.17 bits per heavy atom. The van der Waals surface area contributed by atoms with Crippen LogP contribution >= 0.6 is 15.9 Å². The Bertz CT molecular complexity index is 540. The molecule has 2 rings (SSSR count). The number of aryl methyl sites for hydroxylation is 1. The van der Waals surface area contributed by atoms with E-state index < -0.39 is 0 Å². The fourth-order valence-electron chi connectivity index (χ4n) is 1.85. The third kappa shape index (κ3) is 2.94. The zero-order valence-corrected chi connectivity index (χ0v) is 12.2. The number of benzene rings is 1. The largest absolute Gasteiger partial charge is 0.316 e. The SMILES string of the molecule is CCc1nc(-c2cccc(Br)c2)ncc1CNC. The van der Waals surface area contributed by atoms with Crippen LogP contribution in [0.1, 0.15) is 18.2 Å². The molecule has 0 amide bonds. The quantitative estimate of drug-likeness (QED) is 0.942. The molecular weight excluding hydrogens is 290 g/mol. The molecule has 0 saturated heterocycles. The van der Waals surface area contributed by atoms with Crippen molar-refractivity contribution in [3.63, 3.8) is 0 Å². The minimum atomic E-state index is 0.785. The zero-order chi connectivity index (χ0) is 13.0. The highest BCUT2D eigenvalue weighted by molar-refractivity contribution is 9.10. The molecule has 0 unspecified atom stereocenters. The Labute approximate surface area is 116 Å². The van der Waals surface area contributed by atoms with Crippen LogP contribution < -0.4 is 5.32 Å². The third-order valence-electron chi connectivity index (χ3n) is 2.74. The first-order valence-electron chi connectivity index (χ1n) is 6.00. The molecule has 0 atom stereocenters. The van der Waals surface area contributed by atoms with Crippen LogP contribution in [0.3, 0.4) is 0 Å². The average Bonchev–Trinajstić information content (AvgIpc) is 2.39. The first kappa shape index (κ1) is 13.2. The molecule has 0 aliphatic heterocycles. The monoisotopic (exact) mass is 305 g/mol. The van der Waals surface area contributed by atoms with Gasteiger partial charge < -0.3 is 5.32 Å². The average molecular weight is 306 g/mol. The molecule has 0 bridgehead atoms. The zero-order valence-electron chi connectivity index (χ0n) is 10.6. The van der Waals surface area contributed by atoms with Crippen LogP contribution in [0.2, 0.25) is 0 Å². The van der Waals surface area contributed by atoms with Gasteiger partial charge in [-0.25, -0.2) is 9.97 Å². The minimum absolute atomic E-state index is 0.785. The number of rotatable bonds is 4. The van der Waals surface area contributed by atoms with Crippen molar-refractivity contribution in [1.29, 1.82) is 0 Å². The predicted octanol–water partition coefficient (Wildman–Crippen LogP) is 3.19. The molecule has 1 aromatic heterocycles. The molecule has 0 spiro atoms. The lowest BCUT2D eigenvalue weighted by molar-refractivity contribution is 0.787. The van der Waals surface area contributed by atoms with Crippen molar-refractivity contribution in [2.24, 2.45) is 0 Å². The van der Waals surface area contributed by atoms with Gasteiger partial charge in [-0.3, -0.25) is 0 Å². The van der Waals surface area contributed by atoms with Gasteiger partial charge in [0.25, 0.3) is 0 Å². The first-order chi connectivity index (χ1) is 8.74. The van der Waals surface area contributed by atoms with Gasteiger partial charge in [-0.1, -0.05) is 35.0 Å². The van der Waals surface area contributed by atoms with Crippen LogP contribution in [-0.4, -0.2) is 17.0 Å². The Morgan fingerprint density at radius 1 is 1.33 bits per heavy atom. The van der Waals surface area contributed by atoms with Gasteiger partial charge in [0.2, 0.25) is 0 Å². The molecule has 1 N–H and O–H groups in total. The number of hydrogen-bond acceptors (Lipinski definition) is 3. The molecule has 1 aromatic carbocycles. The van der Waals surface area contributed by atoms with Crippen molar-refractivity contribution in [2.45, 2.75) is 19.9 Å². The molecular formula is C14H16BrN3. The summed E-state index contributed by atoms with van der Waals surface area (Å²) in [4.78, 5) is 9.09. The number of nitrogens with one attached hydrogen (secondary N) is 1. The number of aromatic nitrogens is 2. The summed E-state index contributed by atoms with van der Waals surface area (Å²) in [5, 5.41) is 3.14. The van der Waals surface area contributed by atoms with Crippen LogP contribution in [0.15, 0.2) is 34.9 Å². The van der Waals surface area contributed by atoms with Crippen molar-refractivity contribution in [1.82, 2.24) is 15.3 Å². The summed E-state index contributed by atoms with van der Waals surface area (Å²) < 4.78 is 1.04. The lowest BCUT2D eigenvalue weighted by atomic mass is 10.1. The summed E-state index contributed by atoms with van der Waals surface area (Å²) in [6, 6.07) is 8.05. The molecule has 0 aliphatic rings. The fourth-order valence-corrected chi connectivity index (χ4v) is 2.25. The molecule has 3 nitrogen and oxygen atoms in total. The minimum Gasteiger partial charge on any atom is -0.316 e. The van der Waals surface area contributed by atoms with E-state index in [0.717, 1.165) is 34.5 Å². The molecule has 2 aromatic rings. The van der Waals surface area contributed by atoms with Crippen molar-refractivity contribution in [2.75, 3.05) is 7.05 Å². The molecule has 18 heavy (non-hydrogen) atoms. The highest BCUT2D eigenvalue weighted by Gasteiger charge is 2.07. The summed E-state index contributed by atoms with van der Waals surface area (Å²) in [5.74, 6) is 0.785. The molecule has 0 radical (unpaired) electrons. The van der Waals surface area contributed by atoms with E-state index in [-0.39, 0.29) is 0 Å². The van der Waals surface area contributed by atoms with Gasteiger partial charge in [0.15, 0.2) is 5.82 Å². The second-order valence-electron chi connectivity index (χ2n) is 4.06. The summed E-state index contributed by atoms with van der Waals surface area (Å²) in [5.41, 5.74) is 3.31. The maximum absolute atomic E-state index is 4.65. The summed E-state index contributed by atoms with van der Waals surface area (Å²) in [6.07, 6.45) is 2.83. The number of hydrogen-bond donors (Lipinski definition) is 1. The van der Waals surface area contributed by atoms with E-state index in [9.17, 15) is 0 Å². The summed E-state index contributed by atoms with van der Waals surface area (Å²) in [6.45, 7) is 2.92. The van der Waals surface area contributed by atoms with E-state index in [1.54, 1.807) is 0 Å². The van der Waals surface area contributed by atoms with Gasteiger partial charge in [-0.05, 0) is 25.6 Å². The highest BCUT2D eigenvalue weighted by atomic mass is 79.9. The second kappa shape index (κ2) is 6.07. The molecule has 0 aliphatic carbocycles. The fraction of sp³-hybridized carbons (Fsp3) is 0.286. The summed E-state index contributed by atoms with van der Waals surface area (Å²) in [7, 11) is 1.93. The molecule has 0 fully saturated rings. The van der Waals surface area contributed by atoms with Crippen molar-refractivity contribution >= 4 is 15.9 Å². The third-order valence-corrected chi connectivity index (χ3v) is 3.23. The van der Waals surface area contributed by atoms with Gasteiger partial charge in [0.1, 0.15) is 0 Å². The lowest BCUT2D eigenvalue weighted by Crippen LogP contribution is -2.10.